The van der Waals surface area contributed by atoms with E-state index >= 15 is 0 Å². The van der Waals surface area contributed by atoms with Crippen LogP contribution in [0.3, 0.4) is 0 Å². The number of hydrogen-bond acceptors (Lipinski definition) is 4. The molecule has 18 heavy (non-hydrogen) atoms. The van der Waals surface area contributed by atoms with Gasteiger partial charge in [0.2, 0.25) is 0 Å². The first kappa shape index (κ1) is 16.7. The third kappa shape index (κ3) is 7.08. The highest BCUT2D eigenvalue weighted by molar-refractivity contribution is 5.82. The van der Waals surface area contributed by atoms with Crippen LogP contribution >= 0.6 is 0 Å². The minimum atomic E-state index is -1.15. The van der Waals surface area contributed by atoms with Gasteiger partial charge in [0.05, 0.1) is 0 Å². The maximum absolute atomic E-state index is 11.4. The van der Waals surface area contributed by atoms with Crippen LogP contribution in [0.2, 0.25) is 0 Å². The van der Waals surface area contributed by atoms with E-state index in [1.165, 1.54) is 0 Å². The number of hydrogen-bond donors (Lipinski definition) is 4. The van der Waals surface area contributed by atoms with Gasteiger partial charge in [0.1, 0.15) is 6.04 Å². The van der Waals surface area contributed by atoms with Gasteiger partial charge in [0, 0.05) is 32.2 Å². The molecule has 7 heteroatoms. The third-order valence-corrected chi connectivity index (χ3v) is 2.65. The van der Waals surface area contributed by atoms with Gasteiger partial charge in [-0.15, -0.1) is 0 Å². The molecule has 0 bridgehead atoms. The smallest absolute Gasteiger partial charge is 0.326 e. The minimum absolute atomic E-state index is 0.00531. The molecule has 4 N–H and O–H groups in total. The zero-order valence-electron chi connectivity index (χ0n) is 11.1. The Hall–Kier alpha value is -1.34. The lowest BCUT2D eigenvalue weighted by atomic mass is 10.2. The van der Waals surface area contributed by atoms with E-state index in [1.54, 1.807) is 0 Å². The Labute approximate surface area is 107 Å². The van der Waals surface area contributed by atoms with Gasteiger partial charge in [-0.05, 0) is 20.9 Å². The lowest BCUT2D eigenvalue weighted by molar-refractivity contribution is -0.139. The van der Waals surface area contributed by atoms with Crippen LogP contribution in [0.15, 0.2) is 0 Å². The fourth-order valence-corrected chi connectivity index (χ4v) is 1.20. The summed E-state index contributed by atoms with van der Waals surface area (Å²) in [6, 6.07) is -1.21. The van der Waals surface area contributed by atoms with Crippen molar-refractivity contribution in [3.05, 3.63) is 0 Å². The summed E-state index contributed by atoms with van der Waals surface area (Å²) < 4.78 is 0. The van der Waals surface area contributed by atoms with Crippen molar-refractivity contribution in [2.75, 3.05) is 26.7 Å². The molecule has 0 aliphatic heterocycles. The first-order valence-electron chi connectivity index (χ1n) is 5.96. The van der Waals surface area contributed by atoms with E-state index in [2.05, 4.69) is 15.5 Å². The average Bonchev–Trinajstić information content (AvgIpc) is 2.27. The molecule has 0 heterocycles. The second-order valence-corrected chi connectivity index (χ2v) is 4.38. The molecular formula is C11H23N3O4. The number of nitrogens with one attached hydrogen (secondary N) is 2. The first-order chi connectivity index (χ1) is 8.38. The van der Waals surface area contributed by atoms with Gasteiger partial charge in [-0.3, -0.25) is 0 Å². The standard InChI is InChI=1S/C11H23N3O4/c1-8(2)14(3)6-5-12-11(18)13-9(4-7-15)10(16)17/h8-9,15H,4-7H2,1-3H3,(H,16,17)(H2,12,13,18)/t9-/m0/s1. The molecule has 0 aliphatic rings. The Bertz CT molecular complexity index is 271. The molecule has 0 aromatic heterocycles. The first-order valence-corrected chi connectivity index (χ1v) is 5.96. The quantitative estimate of drug-likeness (QED) is 0.470. The van der Waals surface area contributed by atoms with Gasteiger partial charge in [0.25, 0.3) is 0 Å². The van der Waals surface area contributed by atoms with Crippen LogP contribution in [-0.4, -0.2) is 65.9 Å². The maximum Gasteiger partial charge on any atom is 0.326 e. The molecule has 0 fully saturated rings. The molecule has 0 rings (SSSR count). The highest BCUT2D eigenvalue weighted by Crippen LogP contribution is 1.92. The number of likely N-dealkylation sites (N-methyl/N-ethyl adjacent to an activating group) is 1. The highest BCUT2D eigenvalue weighted by Gasteiger charge is 2.18. The lowest BCUT2D eigenvalue weighted by Gasteiger charge is -2.21. The number of carboxylic acids is 1. The van der Waals surface area contributed by atoms with Crippen molar-refractivity contribution in [1.82, 2.24) is 15.5 Å². The second kappa shape index (κ2) is 8.71. The van der Waals surface area contributed by atoms with Crippen molar-refractivity contribution < 1.29 is 19.8 Å². The van der Waals surface area contributed by atoms with Crippen LogP contribution in [0, 0.1) is 0 Å². The predicted molar refractivity (Wildman–Crippen MR) is 67.4 cm³/mol. The summed E-state index contributed by atoms with van der Waals surface area (Å²) in [4.78, 5) is 24.2. The number of aliphatic hydroxyl groups excluding tert-OH is 1. The van der Waals surface area contributed by atoms with Gasteiger partial charge in [-0.1, -0.05) is 0 Å². The predicted octanol–water partition coefficient (Wildman–Crippen LogP) is -0.539. The van der Waals surface area contributed by atoms with Crippen molar-refractivity contribution in [3.63, 3.8) is 0 Å². The van der Waals surface area contributed by atoms with Crippen molar-refractivity contribution in [3.8, 4) is 0 Å². The third-order valence-electron chi connectivity index (χ3n) is 2.65. The number of urea groups is 1. The van der Waals surface area contributed by atoms with E-state index in [0.717, 1.165) is 0 Å². The molecule has 0 radical (unpaired) electrons. The zero-order chi connectivity index (χ0) is 14.1. The van der Waals surface area contributed by atoms with Crippen LogP contribution in [0.4, 0.5) is 4.79 Å². The summed E-state index contributed by atoms with van der Waals surface area (Å²) in [5, 5.41) is 22.3. The van der Waals surface area contributed by atoms with Crippen LogP contribution < -0.4 is 10.6 Å². The number of carboxylic acid groups (broad SMARTS) is 1. The Morgan fingerprint density at radius 3 is 2.39 bits per heavy atom. The van der Waals surface area contributed by atoms with E-state index in [1.807, 2.05) is 20.9 Å². The van der Waals surface area contributed by atoms with E-state index in [0.29, 0.717) is 19.1 Å². The van der Waals surface area contributed by atoms with Gasteiger partial charge < -0.3 is 25.7 Å². The molecule has 0 aliphatic carbocycles. The molecule has 106 valence electrons. The molecule has 2 amide bonds. The van der Waals surface area contributed by atoms with Crippen molar-refractivity contribution in [1.29, 1.82) is 0 Å². The number of nitrogens with zero attached hydrogens (tertiary/aromatic N) is 1. The summed E-state index contributed by atoms with van der Waals surface area (Å²) >= 11 is 0. The molecule has 0 saturated carbocycles. The number of carbonyl (C=O) groups is 2. The van der Waals surface area contributed by atoms with E-state index in [9.17, 15) is 9.59 Å². The fourth-order valence-electron chi connectivity index (χ4n) is 1.20. The van der Waals surface area contributed by atoms with Crippen molar-refractivity contribution in [2.45, 2.75) is 32.4 Å². The number of aliphatic hydroxyl groups is 1. The minimum Gasteiger partial charge on any atom is -0.480 e. The molecule has 7 nitrogen and oxygen atoms in total. The summed E-state index contributed by atoms with van der Waals surface area (Å²) in [5.41, 5.74) is 0. The van der Waals surface area contributed by atoms with E-state index < -0.39 is 18.0 Å². The van der Waals surface area contributed by atoms with Crippen LogP contribution in [-0.2, 0) is 4.79 Å². The Morgan fingerprint density at radius 1 is 1.33 bits per heavy atom. The number of rotatable bonds is 8. The van der Waals surface area contributed by atoms with Gasteiger partial charge >= 0.3 is 12.0 Å². The SMILES string of the molecule is CC(C)N(C)CCNC(=O)N[C@@H](CCO)C(=O)O. The number of aliphatic carboxylic acids is 1. The van der Waals surface area contributed by atoms with Gasteiger partial charge in [0.15, 0.2) is 0 Å². The Balaban J connectivity index is 3.92. The second-order valence-electron chi connectivity index (χ2n) is 4.38. The fraction of sp³-hybridized carbons (Fsp3) is 0.818. The highest BCUT2D eigenvalue weighted by atomic mass is 16.4. The largest absolute Gasteiger partial charge is 0.480 e. The van der Waals surface area contributed by atoms with Crippen molar-refractivity contribution in [2.24, 2.45) is 0 Å². The van der Waals surface area contributed by atoms with Gasteiger partial charge in [-0.25, -0.2) is 9.59 Å². The van der Waals surface area contributed by atoms with Gasteiger partial charge in [-0.2, -0.15) is 0 Å². The molecule has 0 spiro atoms. The van der Waals surface area contributed by atoms with E-state index in [4.69, 9.17) is 10.2 Å². The molecule has 0 aromatic carbocycles. The van der Waals surface area contributed by atoms with Crippen LogP contribution in [0.1, 0.15) is 20.3 Å². The molecule has 0 unspecified atom stereocenters. The summed E-state index contributed by atoms with van der Waals surface area (Å²) in [7, 11) is 1.94. The average molecular weight is 261 g/mol. The summed E-state index contributed by atoms with van der Waals surface area (Å²) in [6.45, 7) is 4.92. The summed E-state index contributed by atoms with van der Waals surface area (Å²) in [6.07, 6.45) is -0.00531. The maximum atomic E-state index is 11.4. The molecule has 0 aromatic rings. The van der Waals surface area contributed by atoms with Crippen molar-refractivity contribution >= 4 is 12.0 Å². The normalized spacial score (nSPS) is 12.6. The van der Waals surface area contributed by atoms with Crippen LogP contribution in [0.25, 0.3) is 0 Å². The zero-order valence-corrected chi connectivity index (χ0v) is 11.1. The van der Waals surface area contributed by atoms with E-state index in [-0.39, 0.29) is 13.0 Å². The Kier molecular flexibility index (Phi) is 8.06. The summed E-state index contributed by atoms with van der Waals surface area (Å²) in [5.74, 6) is -1.15. The lowest BCUT2D eigenvalue weighted by Crippen LogP contribution is -2.48. The molecular weight excluding hydrogens is 238 g/mol. The monoisotopic (exact) mass is 261 g/mol. The number of amides is 2. The van der Waals surface area contributed by atoms with Crippen LogP contribution in [0.5, 0.6) is 0 Å². The number of carbonyl (C=O) groups excluding carboxylic acids is 1. The topological polar surface area (TPSA) is 102 Å². The molecule has 1 atom stereocenters. The Morgan fingerprint density at radius 2 is 1.94 bits per heavy atom. The molecule has 0 saturated heterocycles.